The van der Waals surface area contributed by atoms with Gasteiger partial charge in [-0.15, -0.1) is 11.3 Å². The third kappa shape index (κ3) is 3.18. The molecule has 0 aliphatic heterocycles. The number of benzene rings is 1. The van der Waals surface area contributed by atoms with Gasteiger partial charge in [-0.2, -0.15) is 0 Å². The summed E-state index contributed by atoms with van der Waals surface area (Å²) in [5.41, 5.74) is 2.53. The van der Waals surface area contributed by atoms with Crippen LogP contribution >= 0.6 is 27.3 Å². The Balaban J connectivity index is 2.06. The van der Waals surface area contributed by atoms with E-state index < -0.39 is 0 Å². The number of fused-ring (bicyclic) bond motifs is 1. The maximum absolute atomic E-state index is 4.32. The Bertz CT molecular complexity index is 738. The predicted octanol–water partition coefficient (Wildman–Crippen LogP) is 5.15. The third-order valence-electron chi connectivity index (χ3n) is 3.48. The van der Waals surface area contributed by atoms with E-state index in [0.29, 0.717) is 0 Å². The number of nitrogens with one attached hydrogen (secondary N) is 1. The number of aromatic nitrogens is 1. The van der Waals surface area contributed by atoms with Gasteiger partial charge in [0.15, 0.2) is 0 Å². The van der Waals surface area contributed by atoms with Crippen LogP contribution in [0.15, 0.2) is 52.6 Å². The zero-order chi connectivity index (χ0) is 14.7. The molecule has 108 valence electrons. The predicted molar refractivity (Wildman–Crippen MR) is 93.9 cm³/mol. The average Bonchev–Trinajstić information content (AvgIpc) is 2.92. The lowest BCUT2D eigenvalue weighted by molar-refractivity contribution is 0.601. The van der Waals surface area contributed by atoms with Gasteiger partial charge in [0, 0.05) is 21.6 Å². The quantitative estimate of drug-likeness (QED) is 0.680. The molecule has 3 rings (SSSR count). The summed E-state index contributed by atoms with van der Waals surface area (Å²) < 4.78 is 2.35. The highest BCUT2D eigenvalue weighted by molar-refractivity contribution is 9.10. The minimum Gasteiger partial charge on any atom is -0.306 e. The van der Waals surface area contributed by atoms with Gasteiger partial charge in [0.25, 0.3) is 0 Å². The molecule has 1 atom stereocenters. The molecule has 0 bridgehead atoms. The van der Waals surface area contributed by atoms with Gasteiger partial charge in [0.1, 0.15) is 0 Å². The van der Waals surface area contributed by atoms with Crippen molar-refractivity contribution in [2.24, 2.45) is 0 Å². The summed E-state index contributed by atoms with van der Waals surface area (Å²) >= 11 is 5.33. The van der Waals surface area contributed by atoms with E-state index >= 15 is 0 Å². The van der Waals surface area contributed by atoms with E-state index in [1.165, 1.54) is 21.2 Å². The first kappa shape index (κ1) is 14.7. The Morgan fingerprint density at radius 3 is 2.95 bits per heavy atom. The molecule has 21 heavy (non-hydrogen) atoms. The molecule has 1 N–H and O–H groups in total. The minimum absolute atomic E-state index is 0.186. The smallest absolute Gasteiger partial charge is 0.0606 e. The minimum atomic E-state index is 0.186. The molecule has 3 aromatic rings. The van der Waals surface area contributed by atoms with Crippen molar-refractivity contribution in [3.05, 3.63) is 63.7 Å². The number of pyridine rings is 1. The number of hydrogen-bond donors (Lipinski definition) is 1. The first-order chi connectivity index (χ1) is 10.3. The molecule has 0 saturated carbocycles. The van der Waals surface area contributed by atoms with Crippen molar-refractivity contribution in [1.29, 1.82) is 0 Å². The van der Waals surface area contributed by atoms with E-state index in [0.717, 1.165) is 17.4 Å². The second kappa shape index (κ2) is 6.69. The van der Waals surface area contributed by atoms with Gasteiger partial charge < -0.3 is 5.32 Å². The van der Waals surface area contributed by atoms with Gasteiger partial charge in [-0.05, 0) is 62.9 Å². The summed E-state index contributed by atoms with van der Waals surface area (Å²) in [7, 11) is 0. The molecule has 4 heteroatoms. The van der Waals surface area contributed by atoms with Crippen LogP contribution in [-0.4, -0.2) is 11.5 Å². The molecule has 2 heterocycles. The first-order valence-corrected chi connectivity index (χ1v) is 8.77. The SMILES string of the molecule is CCCNC(c1cncc(Br)c1)c1csc2ccccc12. The monoisotopic (exact) mass is 360 g/mol. The highest BCUT2D eigenvalue weighted by Gasteiger charge is 2.17. The first-order valence-electron chi connectivity index (χ1n) is 7.09. The molecular formula is C17H17BrN2S. The van der Waals surface area contributed by atoms with Crippen molar-refractivity contribution >= 4 is 37.4 Å². The van der Waals surface area contributed by atoms with Crippen LogP contribution in [0.1, 0.15) is 30.5 Å². The van der Waals surface area contributed by atoms with Gasteiger partial charge in [-0.1, -0.05) is 25.1 Å². The van der Waals surface area contributed by atoms with E-state index in [2.05, 4.69) is 68.9 Å². The summed E-state index contributed by atoms with van der Waals surface area (Å²) in [5, 5.41) is 7.25. The molecule has 0 aliphatic rings. The lowest BCUT2D eigenvalue weighted by atomic mass is 9.99. The molecular weight excluding hydrogens is 344 g/mol. The Morgan fingerprint density at radius 1 is 1.29 bits per heavy atom. The molecule has 1 unspecified atom stereocenters. The lowest BCUT2D eigenvalue weighted by Crippen LogP contribution is -2.23. The average molecular weight is 361 g/mol. The number of rotatable bonds is 5. The van der Waals surface area contributed by atoms with Gasteiger partial charge in [-0.25, -0.2) is 0 Å². The van der Waals surface area contributed by atoms with Gasteiger partial charge in [0.2, 0.25) is 0 Å². The van der Waals surface area contributed by atoms with Gasteiger partial charge >= 0.3 is 0 Å². The lowest BCUT2D eigenvalue weighted by Gasteiger charge is -2.19. The fraction of sp³-hybridized carbons (Fsp3) is 0.235. The van der Waals surface area contributed by atoms with Crippen LogP contribution in [0.4, 0.5) is 0 Å². The summed E-state index contributed by atoms with van der Waals surface area (Å²) in [6, 6.07) is 10.9. The molecule has 2 nitrogen and oxygen atoms in total. The van der Waals surface area contributed by atoms with E-state index in [4.69, 9.17) is 0 Å². The van der Waals surface area contributed by atoms with Crippen molar-refractivity contribution in [3.8, 4) is 0 Å². The van der Waals surface area contributed by atoms with E-state index in [-0.39, 0.29) is 6.04 Å². The molecule has 0 saturated heterocycles. The van der Waals surface area contributed by atoms with Crippen LogP contribution in [0.25, 0.3) is 10.1 Å². The Kier molecular flexibility index (Phi) is 4.68. The molecule has 0 aliphatic carbocycles. The number of halogens is 1. The van der Waals surface area contributed by atoms with Crippen molar-refractivity contribution in [2.75, 3.05) is 6.54 Å². The van der Waals surface area contributed by atoms with E-state index in [1.807, 2.05) is 12.4 Å². The third-order valence-corrected chi connectivity index (χ3v) is 4.90. The summed E-state index contributed by atoms with van der Waals surface area (Å²) in [4.78, 5) is 4.32. The van der Waals surface area contributed by atoms with Crippen molar-refractivity contribution in [2.45, 2.75) is 19.4 Å². The molecule has 1 aromatic carbocycles. The normalized spacial score (nSPS) is 12.7. The molecule has 0 spiro atoms. The van der Waals surface area contributed by atoms with Gasteiger partial charge in [-0.3, -0.25) is 4.98 Å². The standard InChI is InChI=1S/C17H17BrN2S/c1-2-7-20-17(12-8-13(18)10-19-9-12)15-11-21-16-6-4-3-5-14(15)16/h3-6,8-11,17,20H,2,7H2,1H3. The second-order valence-corrected chi connectivity index (χ2v) is 6.84. The Labute approximate surface area is 137 Å². The van der Waals surface area contributed by atoms with Crippen LogP contribution in [0, 0.1) is 0 Å². The van der Waals surface area contributed by atoms with Crippen LogP contribution in [0.5, 0.6) is 0 Å². The van der Waals surface area contributed by atoms with E-state index in [9.17, 15) is 0 Å². The van der Waals surface area contributed by atoms with Gasteiger partial charge in [0.05, 0.1) is 6.04 Å². The summed E-state index contributed by atoms with van der Waals surface area (Å²) in [6.07, 6.45) is 4.89. The highest BCUT2D eigenvalue weighted by atomic mass is 79.9. The fourth-order valence-corrected chi connectivity index (χ4v) is 3.87. The largest absolute Gasteiger partial charge is 0.306 e. The maximum atomic E-state index is 4.32. The number of thiophene rings is 1. The van der Waals surface area contributed by atoms with Crippen molar-refractivity contribution < 1.29 is 0 Å². The van der Waals surface area contributed by atoms with Crippen molar-refractivity contribution in [3.63, 3.8) is 0 Å². The highest BCUT2D eigenvalue weighted by Crippen LogP contribution is 2.33. The van der Waals surface area contributed by atoms with Crippen LogP contribution in [0.3, 0.4) is 0 Å². The van der Waals surface area contributed by atoms with Crippen LogP contribution in [-0.2, 0) is 0 Å². The summed E-state index contributed by atoms with van der Waals surface area (Å²) in [6.45, 7) is 3.18. The number of hydrogen-bond acceptors (Lipinski definition) is 3. The summed E-state index contributed by atoms with van der Waals surface area (Å²) in [5.74, 6) is 0. The molecule has 0 fully saturated rings. The molecule has 2 aromatic heterocycles. The topological polar surface area (TPSA) is 24.9 Å². The van der Waals surface area contributed by atoms with Crippen LogP contribution in [0.2, 0.25) is 0 Å². The second-order valence-electron chi connectivity index (χ2n) is 5.01. The number of nitrogens with zero attached hydrogens (tertiary/aromatic N) is 1. The molecule has 0 amide bonds. The molecule has 0 radical (unpaired) electrons. The zero-order valence-corrected chi connectivity index (χ0v) is 14.2. The Hall–Kier alpha value is -1.23. The van der Waals surface area contributed by atoms with E-state index in [1.54, 1.807) is 11.3 Å². The van der Waals surface area contributed by atoms with Crippen LogP contribution < -0.4 is 5.32 Å². The van der Waals surface area contributed by atoms with Crippen molar-refractivity contribution in [1.82, 2.24) is 10.3 Å². The Morgan fingerprint density at radius 2 is 2.14 bits per heavy atom. The maximum Gasteiger partial charge on any atom is 0.0606 e. The zero-order valence-electron chi connectivity index (χ0n) is 11.8. The fourth-order valence-electron chi connectivity index (χ4n) is 2.50.